The number of rotatable bonds is 9. The van der Waals surface area contributed by atoms with Gasteiger partial charge in [-0.05, 0) is 239 Å². The topological polar surface area (TPSA) is 78.0 Å². The Hall–Kier alpha value is -15.8. The Morgan fingerprint density at radius 3 is 1.21 bits per heavy atom. The highest BCUT2D eigenvalue weighted by Gasteiger charge is 2.30. The quantitative estimate of drug-likeness (QED) is 0.134. The normalized spacial score (nSPS) is 12.1. The summed E-state index contributed by atoms with van der Waals surface area (Å²) in [6, 6.07) is 139. The number of fused-ring (bicyclic) bond motifs is 15. The van der Waals surface area contributed by atoms with Gasteiger partial charge in [0.25, 0.3) is 0 Å². The van der Waals surface area contributed by atoms with Gasteiger partial charge < -0.3 is 22.9 Å². The number of hydrogen-bond acceptors (Lipinski definition) is 6. The van der Waals surface area contributed by atoms with Gasteiger partial charge in [0.05, 0.1) is 22.1 Å². The van der Waals surface area contributed by atoms with Gasteiger partial charge in [-0.3, -0.25) is 0 Å². The van der Waals surface area contributed by atoms with Crippen LogP contribution in [0.15, 0.2) is 397 Å². The molecule has 0 spiro atoms. The number of benzene rings is 19. The van der Waals surface area contributed by atoms with E-state index in [2.05, 4.69) is 360 Å². The molecular weight excluding hydrogens is 1430 g/mol. The van der Waals surface area contributed by atoms with E-state index in [0.29, 0.717) is 17.5 Å². The Bertz CT molecular complexity index is 8250. The van der Waals surface area contributed by atoms with Gasteiger partial charge >= 0.3 is 0 Å². The second kappa shape index (κ2) is 25.4. The molecule has 0 bridgehead atoms. The Labute approximate surface area is 670 Å². The summed E-state index contributed by atoms with van der Waals surface area (Å²) in [6.07, 6.45) is 0. The monoisotopic (exact) mass is 1490 g/mol. The van der Waals surface area contributed by atoms with E-state index in [9.17, 15) is 0 Å². The first-order valence-electron chi connectivity index (χ1n) is 39.9. The van der Waals surface area contributed by atoms with Crippen LogP contribution in [0.5, 0.6) is 0 Å². The molecule has 0 radical (unpaired) electrons. The minimum atomic E-state index is 0.631. The summed E-state index contributed by atoms with van der Waals surface area (Å²) in [4.78, 5) is 17.4. The molecule has 5 aromatic heterocycles. The zero-order valence-electron chi connectivity index (χ0n) is 63.0. The SMILES string of the molecule is c1ccc(-c2nc(-c3ccc(-n4c5cccc6c5c5c7c(cccc7ccc54)-c4cc5c(cc4-6)oc4ccccc45)cc3)nc(-c3ccc4ccccc4c3)n2)cc1.c1ccc(N(c2ccccc2)c2ccc(-c3ccc(-n4c5cccc6c5c5c7c(cc8ccccc8c7ccc54)-c4cc5c(cc4-6)oc4ccccc45)cc3)cc2)cc1. The molecule has 0 aliphatic heterocycles. The summed E-state index contributed by atoms with van der Waals surface area (Å²) < 4.78 is 17.9. The van der Waals surface area contributed by atoms with Crippen molar-refractivity contribution in [2.24, 2.45) is 0 Å². The van der Waals surface area contributed by atoms with Gasteiger partial charge in [0.1, 0.15) is 22.3 Å². The highest BCUT2D eigenvalue weighted by Crippen LogP contribution is 2.55. The van der Waals surface area contributed by atoms with Gasteiger partial charge in [0.2, 0.25) is 0 Å². The molecule has 542 valence electrons. The first kappa shape index (κ1) is 64.8. The van der Waals surface area contributed by atoms with Crippen LogP contribution in [0, 0.1) is 0 Å². The third-order valence-electron chi connectivity index (χ3n) is 24.4. The van der Waals surface area contributed by atoms with E-state index in [1.54, 1.807) is 0 Å². The zero-order valence-corrected chi connectivity index (χ0v) is 63.0. The molecule has 0 saturated carbocycles. The molecule has 117 heavy (non-hydrogen) atoms. The molecule has 0 atom stereocenters. The highest BCUT2D eigenvalue weighted by atomic mass is 16.3. The lowest BCUT2D eigenvalue weighted by Gasteiger charge is -2.25. The zero-order chi connectivity index (χ0) is 76.5. The summed E-state index contributed by atoms with van der Waals surface area (Å²) >= 11 is 0. The fourth-order valence-electron chi connectivity index (χ4n) is 19.2. The van der Waals surface area contributed by atoms with Crippen molar-refractivity contribution >= 4 is 148 Å². The number of aromatic nitrogens is 5. The fourth-order valence-corrected chi connectivity index (χ4v) is 19.2. The molecule has 0 unspecified atom stereocenters. The van der Waals surface area contributed by atoms with Crippen LogP contribution in [0.25, 0.3) is 232 Å². The predicted molar refractivity (Wildman–Crippen MR) is 485 cm³/mol. The van der Waals surface area contributed by atoms with E-state index in [0.717, 1.165) is 99.9 Å². The van der Waals surface area contributed by atoms with E-state index in [4.69, 9.17) is 23.8 Å². The Kier molecular flexibility index (Phi) is 14.1. The van der Waals surface area contributed by atoms with Gasteiger partial charge in [0, 0.05) is 93.6 Å². The van der Waals surface area contributed by atoms with Gasteiger partial charge in [0.15, 0.2) is 17.5 Å². The van der Waals surface area contributed by atoms with Crippen LogP contribution >= 0.6 is 0 Å². The van der Waals surface area contributed by atoms with Crippen LogP contribution < -0.4 is 4.90 Å². The molecule has 0 amide bonds. The van der Waals surface area contributed by atoms with E-state index in [1.807, 2.05) is 42.5 Å². The van der Waals surface area contributed by atoms with Crippen molar-refractivity contribution in [3.63, 3.8) is 0 Å². The lowest BCUT2D eigenvalue weighted by molar-refractivity contribution is 0.668. The second-order valence-corrected chi connectivity index (χ2v) is 30.8. The van der Waals surface area contributed by atoms with Crippen LogP contribution in [0.1, 0.15) is 0 Å². The molecule has 0 fully saturated rings. The van der Waals surface area contributed by atoms with E-state index in [1.165, 1.54) is 131 Å². The van der Waals surface area contributed by atoms with Gasteiger partial charge in [-0.25, -0.2) is 15.0 Å². The number of para-hydroxylation sites is 4. The van der Waals surface area contributed by atoms with Crippen molar-refractivity contribution < 1.29 is 8.83 Å². The third kappa shape index (κ3) is 9.98. The smallest absolute Gasteiger partial charge is 0.164 e. The van der Waals surface area contributed by atoms with Gasteiger partial charge in [-0.2, -0.15) is 0 Å². The standard InChI is InChI=1S/C56H34N2O.C53H30N4O/c1-3-13-38(14-4-1)57(39-15-5-2-6-16-39)40-26-22-35(23-27-40)36-24-28-41(29-25-36)58-50-20-11-19-44-47-34-53-48(43-18-9-10-21-52(43)59-53)33-46(47)49-32-37-12-7-8-17-42(37)45-30-31-51(58)56(54(45)49)55(44)50;1-2-11-33(12-3-1)51-54-52(56-53(55-51)36-21-20-31-10-4-5-13-35(31)28-36)34-22-25-37(26-23-34)57-44-18-9-17-40-42-30-47-43(38-15-6-7-19-46(38)58-47)29-41(42)39-16-8-14-32-24-27-45(57)50(48(32)39)49(40)44/h1-34H;1-30H. The largest absolute Gasteiger partial charge is 0.456 e. The molecule has 19 aromatic carbocycles. The summed E-state index contributed by atoms with van der Waals surface area (Å²) in [5.41, 5.74) is 28.9. The lowest BCUT2D eigenvalue weighted by atomic mass is 9.89. The van der Waals surface area contributed by atoms with Gasteiger partial charge in [-0.1, -0.05) is 243 Å². The minimum absolute atomic E-state index is 0.631. The number of furan rings is 2. The number of anilines is 3. The van der Waals surface area contributed by atoms with Crippen LogP contribution in [-0.4, -0.2) is 24.1 Å². The molecule has 2 aliphatic rings. The first-order chi connectivity index (χ1) is 58.0. The highest BCUT2D eigenvalue weighted by molar-refractivity contribution is 6.35. The molecule has 2 aliphatic carbocycles. The average Bonchev–Trinajstić information content (AvgIpc) is 1.54. The predicted octanol–water partition coefficient (Wildman–Crippen LogP) is 29.6. The van der Waals surface area contributed by atoms with Crippen molar-refractivity contribution in [1.29, 1.82) is 0 Å². The maximum Gasteiger partial charge on any atom is 0.164 e. The van der Waals surface area contributed by atoms with Crippen LogP contribution in [-0.2, 0) is 0 Å². The number of nitrogens with zero attached hydrogens (tertiary/aromatic N) is 6. The van der Waals surface area contributed by atoms with E-state index in [-0.39, 0.29) is 0 Å². The summed E-state index contributed by atoms with van der Waals surface area (Å²) in [5, 5.41) is 19.6. The van der Waals surface area contributed by atoms with Crippen molar-refractivity contribution in [2.75, 3.05) is 4.90 Å². The Balaban J connectivity index is 0.000000131. The lowest BCUT2D eigenvalue weighted by Crippen LogP contribution is -2.09. The minimum Gasteiger partial charge on any atom is -0.456 e. The fraction of sp³-hybridized carbons (Fsp3) is 0. The van der Waals surface area contributed by atoms with Crippen molar-refractivity contribution in [3.05, 3.63) is 388 Å². The second-order valence-electron chi connectivity index (χ2n) is 30.8. The van der Waals surface area contributed by atoms with Crippen molar-refractivity contribution in [1.82, 2.24) is 24.1 Å². The molecule has 26 rings (SSSR count). The Morgan fingerprint density at radius 2 is 0.607 bits per heavy atom. The molecule has 0 saturated heterocycles. The van der Waals surface area contributed by atoms with Crippen molar-refractivity contribution in [3.8, 4) is 101 Å². The Morgan fingerprint density at radius 1 is 0.197 bits per heavy atom. The first-order valence-corrected chi connectivity index (χ1v) is 39.9. The third-order valence-corrected chi connectivity index (χ3v) is 24.4. The average molecular weight is 1490 g/mol. The van der Waals surface area contributed by atoms with E-state index < -0.39 is 0 Å². The molecule has 8 nitrogen and oxygen atoms in total. The molecule has 5 heterocycles. The van der Waals surface area contributed by atoms with Gasteiger partial charge in [-0.15, -0.1) is 0 Å². The van der Waals surface area contributed by atoms with Crippen LogP contribution in [0.4, 0.5) is 17.1 Å². The summed E-state index contributed by atoms with van der Waals surface area (Å²) in [5.74, 6) is 1.92. The number of hydrogen-bond donors (Lipinski definition) is 0. The van der Waals surface area contributed by atoms with E-state index >= 15 is 0 Å². The van der Waals surface area contributed by atoms with Crippen LogP contribution in [0.2, 0.25) is 0 Å². The van der Waals surface area contributed by atoms with Crippen LogP contribution in [0.3, 0.4) is 0 Å². The van der Waals surface area contributed by atoms with Crippen molar-refractivity contribution in [2.45, 2.75) is 0 Å². The summed E-state index contributed by atoms with van der Waals surface area (Å²) in [7, 11) is 0. The molecule has 8 heteroatoms. The molecule has 24 aromatic rings. The maximum absolute atomic E-state index is 6.52. The molecule has 0 N–H and O–H groups in total. The maximum atomic E-state index is 6.52. The summed E-state index contributed by atoms with van der Waals surface area (Å²) in [6.45, 7) is 0. The molecular formula is C109H64N6O2.